The maximum Gasteiger partial charge on any atom is 0.409 e. The summed E-state index contributed by atoms with van der Waals surface area (Å²) in [5, 5.41) is 0. The van der Waals surface area contributed by atoms with Crippen LogP contribution in [0.2, 0.25) is 0 Å². The van der Waals surface area contributed by atoms with Crippen LogP contribution in [0.5, 0.6) is 0 Å². The van der Waals surface area contributed by atoms with Crippen molar-refractivity contribution in [1.29, 1.82) is 0 Å². The number of unbranched alkanes of at least 4 members (excludes halogenated alkanes) is 1. The molecule has 1 fully saturated rings. The first-order valence-corrected chi connectivity index (χ1v) is 5.51. The molecule has 15 heavy (non-hydrogen) atoms. The van der Waals surface area contributed by atoms with E-state index in [1.165, 1.54) is 0 Å². The van der Waals surface area contributed by atoms with Gasteiger partial charge in [-0.15, -0.1) is 0 Å². The number of ether oxygens (including phenoxy) is 2. The van der Waals surface area contributed by atoms with Crippen LogP contribution in [0, 0.1) is 0 Å². The molecule has 1 rings (SSSR count). The molecule has 0 aromatic rings. The van der Waals surface area contributed by atoms with Crippen molar-refractivity contribution in [1.82, 2.24) is 4.90 Å². The number of hydrogen-bond acceptors (Lipinski definition) is 4. The normalized spacial score (nSPS) is 21.5. The van der Waals surface area contributed by atoms with E-state index >= 15 is 0 Å². The molecule has 2 N–H and O–H groups in total. The Labute approximate surface area is 90.5 Å². The second kappa shape index (κ2) is 6.63. The van der Waals surface area contributed by atoms with E-state index < -0.39 is 0 Å². The van der Waals surface area contributed by atoms with E-state index in [1.807, 2.05) is 0 Å². The molecule has 0 aliphatic carbocycles. The van der Waals surface area contributed by atoms with Crippen LogP contribution in [0.3, 0.4) is 0 Å². The molecule has 0 bridgehead atoms. The van der Waals surface area contributed by atoms with Crippen molar-refractivity contribution < 1.29 is 14.3 Å². The SMILES string of the molecule is CCCCOC(=O)N1CCOC(CN)C1. The van der Waals surface area contributed by atoms with Crippen molar-refractivity contribution in [3.63, 3.8) is 0 Å². The molecule has 1 aliphatic rings. The lowest BCUT2D eigenvalue weighted by molar-refractivity contribution is -0.0225. The van der Waals surface area contributed by atoms with Crippen LogP contribution in [-0.2, 0) is 9.47 Å². The predicted octanol–water partition coefficient (Wildman–Crippen LogP) is 0.583. The lowest BCUT2D eigenvalue weighted by Gasteiger charge is -2.31. The number of hydrogen-bond donors (Lipinski definition) is 1. The summed E-state index contributed by atoms with van der Waals surface area (Å²) in [6.45, 7) is 4.69. The Bertz CT molecular complexity index is 199. The third-order valence-corrected chi connectivity index (χ3v) is 2.38. The van der Waals surface area contributed by atoms with E-state index in [0.717, 1.165) is 12.8 Å². The van der Waals surface area contributed by atoms with Gasteiger partial charge in [-0.1, -0.05) is 13.3 Å². The highest BCUT2D eigenvalue weighted by Crippen LogP contribution is 2.06. The summed E-state index contributed by atoms with van der Waals surface area (Å²) in [4.78, 5) is 13.2. The second-order valence-corrected chi connectivity index (χ2v) is 3.64. The van der Waals surface area contributed by atoms with Gasteiger partial charge in [-0.2, -0.15) is 0 Å². The summed E-state index contributed by atoms with van der Waals surface area (Å²) in [5.41, 5.74) is 5.48. The molecule has 5 nitrogen and oxygen atoms in total. The standard InChI is InChI=1S/C10H20N2O3/c1-2-3-5-15-10(13)12-4-6-14-9(7-11)8-12/h9H,2-8,11H2,1H3. The Morgan fingerprint density at radius 1 is 1.67 bits per heavy atom. The summed E-state index contributed by atoms with van der Waals surface area (Å²) < 4.78 is 10.5. The molecule has 1 saturated heterocycles. The Hall–Kier alpha value is -0.810. The largest absolute Gasteiger partial charge is 0.449 e. The molecule has 0 spiro atoms. The Morgan fingerprint density at radius 2 is 2.47 bits per heavy atom. The summed E-state index contributed by atoms with van der Waals surface area (Å²) >= 11 is 0. The van der Waals surface area contributed by atoms with E-state index in [0.29, 0.717) is 32.8 Å². The molecular formula is C10H20N2O3. The maximum atomic E-state index is 11.5. The molecule has 0 radical (unpaired) electrons. The van der Waals surface area contributed by atoms with Crippen molar-refractivity contribution in [2.75, 3.05) is 32.8 Å². The number of carbonyl (C=O) groups is 1. The fourth-order valence-electron chi connectivity index (χ4n) is 1.42. The Morgan fingerprint density at radius 3 is 3.13 bits per heavy atom. The fraction of sp³-hybridized carbons (Fsp3) is 0.900. The van der Waals surface area contributed by atoms with Gasteiger partial charge in [0.2, 0.25) is 0 Å². The highest BCUT2D eigenvalue weighted by Gasteiger charge is 2.23. The molecule has 0 aromatic heterocycles. The Balaban J connectivity index is 2.25. The minimum absolute atomic E-state index is 0.0440. The van der Waals surface area contributed by atoms with Gasteiger partial charge in [0, 0.05) is 13.1 Å². The molecule has 1 heterocycles. The topological polar surface area (TPSA) is 64.8 Å². The number of carbonyl (C=O) groups excluding carboxylic acids is 1. The Kier molecular flexibility index (Phi) is 5.42. The summed E-state index contributed by atoms with van der Waals surface area (Å²) in [6.07, 6.45) is 1.65. The van der Waals surface area contributed by atoms with Gasteiger partial charge < -0.3 is 20.1 Å². The van der Waals surface area contributed by atoms with Crippen LogP contribution in [0.15, 0.2) is 0 Å². The van der Waals surface area contributed by atoms with Gasteiger partial charge in [-0.25, -0.2) is 4.79 Å². The van der Waals surface area contributed by atoms with E-state index in [1.54, 1.807) is 4.90 Å². The van der Waals surface area contributed by atoms with E-state index in [2.05, 4.69) is 6.92 Å². The number of nitrogens with zero attached hydrogens (tertiary/aromatic N) is 1. The van der Waals surface area contributed by atoms with Gasteiger partial charge in [0.15, 0.2) is 0 Å². The zero-order valence-electron chi connectivity index (χ0n) is 9.28. The first-order valence-electron chi connectivity index (χ1n) is 5.51. The van der Waals surface area contributed by atoms with Gasteiger partial charge in [-0.05, 0) is 6.42 Å². The number of amides is 1. The predicted molar refractivity (Wildman–Crippen MR) is 56.6 cm³/mol. The fourth-order valence-corrected chi connectivity index (χ4v) is 1.42. The van der Waals surface area contributed by atoms with Crippen molar-refractivity contribution in [2.24, 2.45) is 5.73 Å². The summed E-state index contributed by atoms with van der Waals surface area (Å²) in [6, 6.07) is 0. The number of rotatable bonds is 4. The summed E-state index contributed by atoms with van der Waals surface area (Å²) in [5.74, 6) is 0. The van der Waals surface area contributed by atoms with Gasteiger partial charge in [0.1, 0.15) is 0 Å². The average molecular weight is 216 g/mol. The minimum atomic E-state index is -0.245. The van der Waals surface area contributed by atoms with Crippen LogP contribution < -0.4 is 5.73 Å². The molecule has 1 unspecified atom stereocenters. The van der Waals surface area contributed by atoms with Crippen LogP contribution in [-0.4, -0.2) is 49.9 Å². The maximum absolute atomic E-state index is 11.5. The van der Waals surface area contributed by atoms with E-state index in [4.69, 9.17) is 15.2 Å². The quantitative estimate of drug-likeness (QED) is 0.698. The zero-order chi connectivity index (χ0) is 11.1. The first kappa shape index (κ1) is 12.3. The van der Waals surface area contributed by atoms with Crippen LogP contribution in [0.4, 0.5) is 4.79 Å². The average Bonchev–Trinajstić information content (AvgIpc) is 2.29. The van der Waals surface area contributed by atoms with Crippen LogP contribution >= 0.6 is 0 Å². The van der Waals surface area contributed by atoms with Gasteiger partial charge >= 0.3 is 6.09 Å². The third-order valence-electron chi connectivity index (χ3n) is 2.38. The minimum Gasteiger partial charge on any atom is -0.449 e. The van der Waals surface area contributed by atoms with E-state index in [-0.39, 0.29) is 12.2 Å². The summed E-state index contributed by atoms with van der Waals surface area (Å²) in [7, 11) is 0. The molecule has 5 heteroatoms. The zero-order valence-corrected chi connectivity index (χ0v) is 9.28. The number of morpholine rings is 1. The van der Waals surface area contributed by atoms with Crippen molar-refractivity contribution in [3.05, 3.63) is 0 Å². The van der Waals surface area contributed by atoms with Crippen LogP contribution in [0.25, 0.3) is 0 Å². The third kappa shape index (κ3) is 4.05. The van der Waals surface area contributed by atoms with Gasteiger partial charge in [0.05, 0.1) is 25.9 Å². The molecular weight excluding hydrogens is 196 g/mol. The van der Waals surface area contributed by atoms with Crippen molar-refractivity contribution >= 4 is 6.09 Å². The molecule has 1 amide bonds. The highest BCUT2D eigenvalue weighted by molar-refractivity contribution is 5.67. The van der Waals surface area contributed by atoms with Crippen molar-refractivity contribution in [2.45, 2.75) is 25.9 Å². The molecule has 1 atom stereocenters. The number of nitrogens with two attached hydrogens (primary N) is 1. The lowest BCUT2D eigenvalue weighted by Crippen LogP contribution is -2.48. The lowest BCUT2D eigenvalue weighted by atomic mass is 10.3. The van der Waals surface area contributed by atoms with Crippen molar-refractivity contribution in [3.8, 4) is 0 Å². The van der Waals surface area contributed by atoms with E-state index in [9.17, 15) is 4.79 Å². The van der Waals surface area contributed by atoms with Crippen LogP contribution in [0.1, 0.15) is 19.8 Å². The molecule has 88 valence electrons. The van der Waals surface area contributed by atoms with Gasteiger partial charge in [0.25, 0.3) is 0 Å². The molecule has 0 aromatic carbocycles. The monoisotopic (exact) mass is 216 g/mol. The smallest absolute Gasteiger partial charge is 0.409 e. The highest BCUT2D eigenvalue weighted by atomic mass is 16.6. The first-order chi connectivity index (χ1) is 7.27. The van der Waals surface area contributed by atoms with Gasteiger partial charge in [-0.3, -0.25) is 0 Å². The second-order valence-electron chi connectivity index (χ2n) is 3.64. The molecule has 0 saturated carbocycles. The molecule has 1 aliphatic heterocycles.